The van der Waals surface area contributed by atoms with E-state index in [9.17, 15) is 9.59 Å². The van der Waals surface area contributed by atoms with E-state index in [4.69, 9.17) is 0 Å². The van der Waals surface area contributed by atoms with Crippen LogP contribution in [0.3, 0.4) is 0 Å². The molecule has 0 fully saturated rings. The number of ether oxygens (including phenoxy) is 1. The average Bonchev–Trinajstić information content (AvgIpc) is 2.78. The van der Waals surface area contributed by atoms with Crippen molar-refractivity contribution in [2.45, 2.75) is 25.9 Å². The van der Waals surface area contributed by atoms with Crippen LogP contribution in [0.1, 0.15) is 13.3 Å². The maximum absolute atomic E-state index is 11.4. The molecule has 1 atom stereocenters. The molecule has 6 heteroatoms. The zero-order chi connectivity index (χ0) is 12.0. The SMILES string of the molecule is COC(=O)C(C)NC(=O)CCn1ccnc1. The first-order valence-corrected chi connectivity index (χ1v) is 4.96. The topological polar surface area (TPSA) is 73.2 Å². The molecule has 6 nitrogen and oxygen atoms in total. The number of aryl methyl sites for hydroxylation is 1. The lowest BCUT2D eigenvalue weighted by molar-refractivity contribution is -0.144. The minimum atomic E-state index is -0.611. The number of hydrogen-bond acceptors (Lipinski definition) is 4. The summed E-state index contributed by atoms with van der Waals surface area (Å²) in [5.41, 5.74) is 0. The van der Waals surface area contributed by atoms with Gasteiger partial charge in [0.15, 0.2) is 0 Å². The van der Waals surface area contributed by atoms with Crippen LogP contribution in [0.15, 0.2) is 18.7 Å². The number of hydrogen-bond donors (Lipinski definition) is 1. The molecule has 1 rings (SSSR count). The van der Waals surface area contributed by atoms with Crippen molar-refractivity contribution >= 4 is 11.9 Å². The van der Waals surface area contributed by atoms with Crippen molar-refractivity contribution in [3.05, 3.63) is 18.7 Å². The molecule has 16 heavy (non-hydrogen) atoms. The van der Waals surface area contributed by atoms with Gasteiger partial charge in [-0.2, -0.15) is 0 Å². The molecule has 1 aromatic rings. The van der Waals surface area contributed by atoms with E-state index in [0.29, 0.717) is 13.0 Å². The summed E-state index contributed by atoms with van der Waals surface area (Å²) in [5, 5.41) is 2.55. The van der Waals surface area contributed by atoms with E-state index in [-0.39, 0.29) is 5.91 Å². The van der Waals surface area contributed by atoms with Gasteiger partial charge in [-0.05, 0) is 6.92 Å². The van der Waals surface area contributed by atoms with E-state index in [0.717, 1.165) is 0 Å². The molecule has 1 heterocycles. The van der Waals surface area contributed by atoms with Crippen LogP contribution in [0.25, 0.3) is 0 Å². The molecule has 0 bridgehead atoms. The van der Waals surface area contributed by atoms with E-state index in [1.54, 1.807) is 30.2 Å². The van der Waals surface area contributed by atoms with E-state index in [2.05, 4.69) is 15.0 Å². The minimum Gasteiger partial charge on any atom is -0.467 e. The number of carbonyl (C=O) groups is 2. The quantitative estimate of drug-likeness (QED) is 0.713. The lowest BCUT2D eigenvalue weighted by Gasteiger charge is -2.11. The zero-order valence-electron chi connectivity index (χ0n) is 9.34. The first-order chi connectivity index (χ1) is 7.63. The van der Waals surface area contributed by atoms with Gasteiger partial charge in [-0.15, -0.1) is 0 Å². The van der Waals surface area contributed by atoms with Crippen molar-refractivity contribution in [1.29, 1.82) is 0 Å². The first-order valence-electron chi connectivity index (χ1n) is 4.96. The Balaban J connectivity index is 2.28. The van der Waals surface area contributed by atoms with E-state index in [1.165, 1.54) is 7.11 Å². The van der Waals surface area contributed by atoms with Crippen LogP contribution in [0, 0.1) is 0 Å². The van der Waals surface area contributed by atoms with Crippen LogP contribution < -0.4 is 5.32 Å². The summed E-state index contributed by atoms with van der Waals surface area (Å²) in [4.78, 5) is 26.3. The monoisotopic (exact) mass is 225 g/mol. The number of amides is 1. The van der Waals surface area contributed by atoms with Gasteiger partial charge in [0.1, 0.15) is 6.04 Å². The number of rotatable bonds is 5. The molecular formula is C10H15N3O3. The van der Waals surface area contributed by atoms with Gasteiger partial charge in [0.05, 0.1) is 13.4 Å². The van der Waals surface area contributed by atoms with Gasteiger partial charge in [-0.25, -0.2) is 9.78 Å². The maximum atomic E-state index is 11.4. The van der Waals surface area contributed by atoms with E-state index < -0.39 is 12.0 Å². The highest BCUT2D eigenvalue weighted by Crippen LogP contribution is 1.92. The molecule has 0 aliphatic carbocycles. The second-order valence-electron chi connectivity index (χ2n) is 3.36. The standard InChI is InChI=1S/C10H15N3O3/c1-8(10(15)16-2)12-9(14)3-5-13-6-4-11-7-13/h4,6-8H,3,5H2,1-2H3,(H,12,14). The van der Waals surface area contributed by atoms with Crippen molar-refractivity contribution in [2.75, 3.05) is 7.11 Å². The van der Waals surface area contributed by atoms with Crippen molar-refractivity contribution in [1.82, 2.24) is 14.9 Å². The van der Waals surface area contributed by atoms with Gasteiger partial charge in [0.25, 0.3) is 0 Å². The van der Waals surface area contributed by atoms with E-state index in [1.807, 2.05) is 0 Å². The van der Waals surface area contributed by atoms with Crippen molar-refractivity contribution in [3.63, 3.8) is 0 Å². The van der Waals surface area contributed by atoms with Crippen LogP contribution in [-0.2, 0) is 20.9 Å². The second-order valence-corrected chi connectivity index (χ2v) is 3.36. The third-order valence-corrected chi connectivity index (χ3v) is 2.09. The number of aromatic nitrogens is 2. The van der Waals surface area contributed by atoms with Crippen molar-refractivity contribution in [2.24, 2.45) is 0 Å². The van der Waals surface area contributed by atoms with Crippen LogP contribution in [-0.4, -0.2) is 34.6 Å². The fourth-order valence-corrected chi connectivity index (χ4v) is 1.20. The summed E-state index contributed by atoms with van der Waals surface area (Å²) in [7, 11) is 1.29. The molecule has 1 unspecified atom stereocenters. The molecular weight excluding hydrogens is 210 g/mol. The van der Waals surface area contributed by atoms with Crippen molar-refractivity contribution in [3.8, 4) is 0 Å². The smallest absolute Gasteiger partial charge is 0.328 e. The van der Waals surface area contributed by atoms with Gasteiger partial charge >= 0.3 is 5.97 Å². The lowest BCUT2D eigenvalue weighted by Crippen LogP contribution is -2.39. The minimum absolute atomic E-state index is 0.188. The fourth-order valence-electron chi connectivity index (χ4n) is 1.20. The Kier molecular flexibility index (Phi) is 4.50. The maximum Gasteiger partial charge on any atom is 0.328 e. The molecule has 1 aromatic heterocycles. The normalized spacial score (nSPS) is 11.9. The molecule has 0 radical (unpaired) electrons. The Labute approximate surface area is 93.6 Å². The van der Waals surface area contributed by atoms with Crippen LogP contribution in [0.2, 0.25) is 0 Å². The Morgan fingerprint density at radius 2 is 2.31 bits per heavy atom. The van der Waals surface area contributed by atoms with Gasteiger partial charge < -0.3 is 14.6 Å². The summed E-state index contributed by atoms with van der Waals surface area (Å²) in [6, 6.07) is -0.611. The Hall–Kier alpha value is -1.85. The number of nitrogens with one attached hydrogen (secondary N) is 1. The first kappa shape index (κ1) is 12.2. The molecule has 0 aliphatic heterocycles. The third kappa shape index (κ3) is 3.72. The highest BCUT2D eigenvalue weighted by molar-refractivity contribution is 5.83. The molecule has 0 saturated heterocycles. The fraction of sp³-hybridized carbons (Fsp3) is 0.500. The molecule has 0 saturated carbocycles. The largest absolute Gasteiger partial charge is 0.467 e. The molecule has 88 valence electrons. The summed E-state index contributed by atoms with van der Waals surface area (Å²) >= 11 is 0. The second kappa shape index (κ2) is 5.89. The van der Waals surface area contributed by atoms with Crippen LogP contribution in [0.5, 0.6) is 0 Å². The molecule has 0 spiro atoms. The highest BCUT2D eigenvalue weighted by Gasteiger charge is 2.15. The third-order valence-electron chi connectivity index (χ3n) is 2.09. The van der Waals surface area contributed by atoms with Gasteiger partial charge in [0.2, 0.25) is 5.91 Å². The highest BCUT2D eigenvalue weighted by atomic mass is 16.5. The van der Waals surface area contributed by atoms with Crippen LogP contribution >= 0.6 is 0 Å². The Morgan fingerprint density at radius 1 is 1.56 bits per heavy atom. The Bertz CT molecular complexity index is 348. The summed E-state index contributed by atoms with van der Waals surface area (Å²) in [6.07, 6.45) is 5.36. The van der Waals surface area contributed by atoms with Gasteiger partial charge in [-0.1, -0.05) is 0 Å². The predicted octanol–water partition coefficient (Wildman–Crippen LogP) is -0.0491. The molecule has 0 aliphatic rings. The average molecular weight is 225 g/mol. The number of nitrogens with zero attached hydrogens (tertiary/aromatic N) is 2. The van der Waals surface area contributed by atoms with Gasteiger partial charge in [0, 0.05) is 25.4 Å². The van der Waals surface area contributed by atoms with Crippen molar-refractivity contribution < 1.29 is 14.3 Å². The summed E-state index contributed by atoms with van der Waals surface area (Å²) in [5.74, 6) is -0.636. The lowest BCUT2D eigenvalue weighted by atomic mass is 10.3. The zero-order valence-corrected chi connectivity index (χ0v) is 9.34. The molecule has 0 aromatic carbocycles. The number of esters is 1. The predicted molar refractivity (Wildman–Crippen MR) is 56.5 cm³/mol. The Morgan fingerprint density at radius 3 is 2.88 bits per heavy atom. The summed E-state index contributed by atoms with van der Waals surface area (Å²) in [6.45, 7) is 2.13. The number of methoxy groups -OCH3 is 1. The molecule has 1 amide bonds. The number of imidazole rings is 1. The number of carbonyl (C=O) groups excluding carboxylic acids is 2. The molecule has 1 N–H and O–H groups in total. The van der Waals surface area contributed by atoms with E-state index >= 15 is 0 Å². The summed E-state index contributed by atoms with van der Waals surface area (Å²) < 4.78 is 6.29. The van der Waals surface area contributed by atoms with Gasteiger partial charge in [-0.3, -0.25) is 4.79 Å². The van der Waals surface area contributed by atoms with Crippen LogP contribution in [0.4, 0.5) is 0 Å².